The molecule has 3 rings (SSSR count). The van der Waals surface area contributed by atoms with Gasteiger partial charge in [-0.3, -0.25) is 0 Å². The zero-order valence-corrected chi connectivity index (χ0v) is 14.7. The number of aryl methyl sites for hydroxylation is 1. The minimum Gasteiger partial charge on any atom is -0.317 e. The van der Waals surface area contributed by atoms with E-state index in [-0.39, 0.29) is 12.0 Å². The third-order valence-corrected chi connectivity index (χ3v) is 4.60. The van der Waals surface area contributed by atoms with Crippen molar-refractivity contribution in [2.75, 3.05) is 0 Å². The molecule has 0 heterocycles. The highest BCUT2D eigenvalue weighted by Gasteiger charge is 2.36. The van der Waals surface area contributed by atoms with Crippen LogP contribution in [0.1, 0.15) is 27.8 Å². The summed E-state index contributed by atoms with van der Waals surface area (Å²) in [5.41, 5.74) is 6.81. The first-order valence-electron chi connectivity index (χ1n) is 8.47. The number of rotatable bonds is 4. The molecule has 0 bridgehead atoms. The van der Waals surface area contributed by atoms with Crippen LogP contribution in [0, 0.1) is 12.7 Å². The first-order valence-corrected chi connectivity index (χ1v) is 8.47. The highest BCUT2D eigenvalue weighted by Crippen LogP contribution is 2.36. The Morgan fingerprint density at radius 3 is 2.07 bits per heavy atom. The van der Waals surface area contributed by atoms with Crippen LogP contribution >= 0.6 is 0 Å². The second kappa shape index (κ2) is 7.16. The minimum atomic E-state index is -4.66. The molecule has 140 valence electrons. The maximum Gasteiger partial charge on any atom is 0.416 e. The molecule has 0 aromatic heterocycles. The van der Waals surface area contributed by atoms with Crippen LogP contribution in [0.15, 0.2) is 72.8 Å². The fraction of sp³-hybridized carbons (Fsp3) is 0.182. The second-order valence-corrected chi connectivity index (χ2v) is 6.73. The van der Waals surface area contributed by atoms with E-state index < -0.39 is 23.1 Å². The van der Waals surface area contributed by atoms with Gasteiger partial charge >= 0.3 is 6.18 Å². The van der Waals surface area contributed by atoms with Crippen molar-refractivity contribution in [2.24, 2.45) is 5.73 Å². The van der Waals surface area contributed by atoms with Gasteiger partial charge in [-0.1, -0.05) is 60.2 Å². The Morgan fingerprint density at radius 1 is 0.778 bits per heavy atom. The first kappa shape index (κ1) is 19.1. The summed E-state index contributed by atoms with van der Waals surface area (Å²) < 4.78 is 53.7. The van der Waals surface area contributed by atoms with E-state index in [2.05, 4.69) is 0 Å². The number of halogens is 4. The quantitative estimate of drug-likeness (QED) is 0.592. The maximum atomic E-state index is 14.1. The van der Waals surface area contributed by atoms with Crippen molar-refractivity contribution in [3.8, 4) is 0 Å². The molecule has 1 nitrogen and oxygen atoms in total. The molecule has 0 saturated carbocycles. The molecule has 0 amide bonds. The summed E-state index contributed by atoms with van der Waals surface area (Å²) in [6, 6.07) is 19.0. The average molecular weight is 373 g/mol. The van der Waals surface area contributed by atoms with Gasteiger partial charge in [0.05, 0.1) is 11.1 Å². The summed E-state index contributed by atoms with van der Waals surface area (Å²) in [6.45, 7) is 1.87. The molecule has 3 aromatic carbocycles. The van der Waals surface area contributed by atoms with Gasteiger partial charge in [-0.15, -0.1) is 0 Å². The van der Waals surface area contributed by atoms with Gasteiger partial charge in [0.25, 0.3) is 0 Å². The van der Waals surface area contributed by atoms with Crippen molar-refractivity contribution in [2.45, 2.75) is 25.1 Å². The van der Waals surface area contributed by atoms with Crippen molar-refractivity contribution in [1.82, 2.24) is 0 Å². The van der Waals surface area contributed by atoms with Crippen molar-refractivity contribution in [3.05, 3.63) is 106 Å². The molecule has 0 spiro atoms. The van der Waals surface area contributed by atoms with Gasteiger partial charge in [0, 0.05) is 0 Å². The lowest BCUT2D eigenvalue weighted by Crippen LogP contribution is -2.40. The van der Waals surface area contributed by atoms with Gasteiger partial charge in [-0.25, -0.2) is 4.39 Å². The predicted octanol–water partition coefficient (Wildman–Crippen LogP) is 5.60. The summed E-state index contributed by atoms with van der Waals surface area (Å²) >= 11 is 0. The normalized spacial score (nSPS) is 14.0. The summed E-state index contributed by atoms with van der Waals surface area (Å²) in [7, 11) is 0. The molecule has 0 aliphatic heterocycles. The van der Waals surface area contributed by atoms with Crippen LogP contribution in [0.25, 0.3) is 0 Å². The Balaban J connectivity index is 2.20. The van der Waals surface area contributed by atoms with Crippen LogP contribution in [0.3, 0.4) is 0 Å². The number of hydrogen-bond donors (Lipinski definition) is 1. The third-order valence-electron chi connectivity index (χ3n) is 4.60. The molecule has 3 aromatic rings. The lowest BCUT2D eigenvalue weighted by atomic mass is 9.78. The summed E-state index contributed by atoms with van der Waals surface area (Å²) in [5, 5.41) is 0. The Morgan fingerprint density at radius 2 is 1.44 bits per heavy atom. The van der Waals surface area contributed by atoms with Gasteiger partial charge in [0.15, 0.2) is 0 Å². The molecular formula is C22H19F4N. The molecule has 0 saturated heterocycles. The smallest absolute Gasteiger partial charge is 0.317 e. The van der Waals surface area contributed by atoms with E-state index >= 15 is 0 Å². The third kappa shape index (κ3) is 4.19. The van der Waals surface area contributed by atoms with Crippen LogP contribution in [0.4, 0.5) is 17.6 Å². The Labute approximate surface area is 155 Å². The topological polar surface area (TPSA) is 26.0 Å². The van der Waals surface area contributed by atoms with Crippen LogP contribution < -0.4 is 5.73 Å². The van der Waals surface area contributed by atoms with E-state index in [1.165, 1.54) is 0 Å². The summed E-state index contributed by atoms with van der Waals surface area (Å²) in [4.78, 5) is 0. The van der Waals surface area contributed by atoms with Gasteiger partial charge in [-0.05, 0) is 48.2 Å². The van der Waals surface area contributed by atoms with E-state index in [9.17, 15) is 17.6 Å². The average Bonchev–Trinajstić information content (AvgIpc) is 2.61. The fourth-order valence-corrected chi connectivity index (χ4v) is 3.22. The number of hydrogen-bond acceptors (Lipinski definition) is 1. The standard InChI is InChI=1S/C22H19F4N/c1-15-6-5-9-17(10-15)21(27,14-16-7-3-2-4-8-16)18-11-19(22(24,25)26)13-20(23)12-18/h2-13H,14,27H2,1H3. The van der Waals surface area contributed by atoms with Gasteiger partial charge in [-0.2, -0.15) is 13.2 Å². The molecule has 5 heteroatoms. The molecule has 0 aliphatic rings. The van der Waals surface area contributed by atoms with E-state index in [0.717, 1.165) is 23.3 Å². The molecule has 2 N–H and O–H groups in total. The second-order valence-electron chi connectivity index (χ2n) is 6.73. The molecule has 0 fully saturated rings. The zero-order valence-electron chi connectivity index (χ0n) is 14.7. The van der Waals surface area contributed by atoms with E-state index in [4.69, 9.17) is 5.73 Å². The Hall–Kier alpha value is -2.66. The molecule has 0 aliphatic carbocycles. The number of nitrogens with two attached hydrogens (primary N) is 1. The monoisotopic (exact) mass is 373 g/mol. The van der Waals surface area contributed by atoms with Crippen molar-refractivity contribution in [1.29, 1.82) is 0 Å². The fourth-order valence-electron chi connectivity index (χ4n) is 3.22. The van der Waals surface area contributed by atoms with Crippen LogP contribution in [-0.4, -0.2) is 0 Å². The van der Waals surface area contributed by atoms with Crippen molar-refractivity contribution >= 4 is 0 Å². The van der Waals surface area contributed by atoms with Gasteiger partial charge in [0.1, 0.15) is 5.82 Å². The SMILES string of the molecule is Cc1cccc(C(N)(Cc2ccccc2)c2cc(F)cc(C(F)(F)F)c2)c1. The minimum absolute atomic E-state index is 0.0873. The Kier molecular flexibility index (Phi) is 5.07. The molecule has 0 radical (unpaired) electrons. The van der Waals surface area contributed by atoms with Gasteiger partial charge < -0.3 is 5.73 Å². The predicted molar refractivity (Wildman–Crippen MR) is 97.7 cm³/mol. The van der Waals surface area contributed by atoms with E-state index in [0.29, 0.717) is 11.6 Å². The highest BCUT2D eigenvalue weighted by molar-refractivity contribution is 5.43. The van der Waals surface area contributed by atoms with Gasteiger partial charge in [0.2, 0.25) is 0 Å². The van der Waals surface area contributed by atoms with Crippen molar-refractivity contribution in [3.63, 3.8) is 0 Å². The summed E-state index contributed by atoms with van der Waals surface area (Å²) in [5.74, 6) is -0.963. The van der Waals surface area contributed by atoms with Crippen LogP contribution in [-0.2, 0) is 18.1 Å². The maximum absolute atomic E-state index is 14.1. The lowest BCUT2D eigenvalue weighted by molar-refractivity contribution is -0.137. The summed E-state index contributed by atoms with van der Waals surface area (Å²) in [6.07, 6.45) is -4.42. The van der Waals surface area contributed by atoms with E-state index in [1.54, 1.807) is 12.1 Å². The number of alkyl halides is 3. The highest BCUT2D eigenvalue weighted by atomic mass is 19.4. The first-order chi connectivity index (χ1) is 12.7. The van der Waals surface area contributed by atoms with E-state index in [1.807, 2.05) is 49.4 Å². The van der Waals surface area contributed by atoms with Crippen LogP contribution in [0.5, 0.6) is 0 Å². The molecule has 1 unspecified atom stereocenters. The molecule has 1 atom stereocenters. The zero-order chi connectivity index (χ0) is 19.7. The Bertz CT molecular complexity index is 935. The van der Waals surface area contributed by atoms with Crippen molar-refractivity contribution < 1.29 is 17.6 Å². The molecular weight excluding hydrogens is 354 g/mol. The van der Waals surface area contributed by atoms with Crippen LogP contribution in [0.2, 0.25) is 0 Å². The molecule has 27 heavy (non-hydrogen) atoms. The number of benzene rings is 3. The lowest BCUT2D eigenvalue weighted by Gasteiger charge is -2.32. The largest absolute Gasteiger partial charge is 0.416 e.